The third-order valence-corrected chi connectivity index (χ3v) is 8.98. The molecule has 0 saturated heterocycles. The van der Waals surface area contributed by atoms with Crippen molar-refractivity contribution >= 4 is 54.8 Å². The number of thioether (sulfide) groups is 2. The van der Waals surface area contributed by atoms with Gasteiger partial charge >= 0.3 is 5.97 Å². The topological polar surface area (TPSA) is 52.1 Å². The van der Waals surface area contributed by atoms with E-state index in [1.54, 1.807) is 48.1 Å². The van der Waals surface area contributed by atoms with Crippen molar-refractivity contribution in [3.8, 4) is 11.4 Å². The Morgan fingerprint density at radius 3 is 1.84 bits per heavy atom. The third kappa shape index (κ3) is 7.80. The molecule has 0 N–H and O–H groups in total. The summed E-state index contributed by atoms with van der Waals surface area (Å²) in [6, 6.07) is 19.6. The second kappa shape index (κ2) is 12.9. The molecule has 37 heavy (non-hydrogen) atoms. The summed E-state index contributed by atoms with van der Waals surface area (Å²) >= 11 is 12.5. The highest BCUT2D eigenvalue weighted by Crippen LogP contribution is 2.32. The SMILES string of the molecule is Cc1ccnc(-c2cc(C(=O)OC(CSc3cc(C)ccc3S)CSc3cc(C)ccc3S)ccn2)c1. The van der Waals surface area contributed by atoms with Crippen LogP contribution in [0.4, 0.5) is 0 Å². The lowest BCUT2D eigenvalue weighted by atomic mass is 10.1. The molecule has 4 rings (SSSR count). The van der Waals surface area contributed by atoms with Crippen LogP contribution in [0.25, 0.3) is 11.4 Å². The number of aromatic nitrogens is 2. The van der Waals surface area contributed by atoms with Gasteiger partial charge in [-0.25, -0.2) is 4.79 Å². The van der Waals surface area contributed by atoms with E-state index in [9.17, 15) is 4.79 Å². The molecule has 0 saturated carbocycles. The Hall–Kier alpha value is -2.39. The summed E-state index contributed by atoms with van der Waals surface area (Å²) in [5.41, 5.74) is 5.21. The Kier molecular flexibility index (Phi) is 9.65. The van der Waals surface area contributed by atoms with Crippen LogP contribution in [-0.2, 0) is 4.74 Å². The van der Waals surface area contributed by atoms with E-state index < -0.39 is 0 Å². The quantitative estimate of drug-likeness (QED) is 0.123. The number of carbonyl (C=O) groups excluding carboxylic acids is 1. The highest BCUT2D eigenvalue weighted by Gasteiger charge is 2.19. The number of carbonyl (C=O) groups is 1. The highest BCUT2D eigenvalue weighted by atomic mass is 32.2. The molecule has 4 aromatic rings. The Morgan fingerprint density at radius 2 is 1.27 bits per heavy atom. The Balaban J connectivity index is 1.52. The molecule has 4 nitrogen and oxygen atoms in total. The fourth-order valence-electron chi connectivity index (χ4n) is 3.55. The number of hydrogen-bond donors (Lipinski definition) is 2. The van der Waals surface area contributed by atoms with Gasteiger partial charge in [0.1, 0.15) is 6.10 Å². The van der Waals surface area contributed by atoms with E-state index in [2.05, 4.69) is 61.2 Å². The number of nitrogens with zero attached hydrogens (tertiary/aromatic N) is 2. The number of aryl methyl sites for hydroxylation is 3. The zero-order valence-electron chi connectivity index (χ0n) is 20.8. The average molecular weight is 565 g/mol. The first kappa shape index (κ1) is 27.6. The van der Waals surface area contributed by atoms with Crippen LogP contribution in [-0.4, -0.2) is 33.5 Å². The maximum atomic E-state index is 13.3. The molecule has 0 unspecified atom stereocenters. The average Bonchev–Trinajstić information content (AvgIpc) is 2.89. The van der Waals surface area contributed by atoms with Gasteiger partial charge in [-0.2, -0.15) is 0 Å². The van der Waals surface area contributed by atoms with Crippen molar-refractivity contribution in [1.29, 1.82) is 0 Å². The summed E-state index contributed by atoms with van der Waals surface area (Å²) in [6.45, 7) is 6.11. The molecule has 8 heteroatoms. The lowest BCUT2D eigenvalue weighted by Gasteiger charge is -2.19. The van der Waals surface area contributed by atoms with E-state index in [0.29, 0.717) is 22.8 Å². The third-order valence-electron chi connectivity index (χ3n) is 5.53. The predicted octanol–water partition coefficient (Wildman–Crippen LogP) is 7.76. The lowest BCUT2D eigenvalue weighted by molar-refractivity contribution is 0.0394. The van der Waals surface area contributed by atoms with Crippen LogP contribution in [0, 0.1) is 20.8 Å². The molecule has 0 bridgehead atoms. The summed E-state index contributed by atoms with van der Waals surface area (Å²) in [5, 5.41) is 0. The van der Waals surface area contributed by atoms with Gasteiger partial charge in [0, 0.05) is 43.5 Å². The van der Waals surface area contributed by atoms with Gasteiger partial charge in [0.05, 0.1) is 17.0 Å². The number of ether oxygens (including phenoxy) is 1. The molecule has 2 aromatic heterocycles. The zero-order valence-corrected chi connectivity index (χ0v) is 24.3. The molecule has 0 aliphatic carbocycles. The second-order valence-corrected chi connectivity index (χ2v) is 11.8. The van der Waals surface area contributed by atoms with Gasteiger partial charge in [0.15, 0.2) is 0 Å². The van der Waals surface area contributed by atoms with E-state index in [4.69, 9.17) is 4.74 Å². The number of rotatable bonds is 9. The van der Waals surface area contributed by atoms with Crippen LogP contribution >= 0.6 is 48.8 Å². The number of pyridine rings is 2. The van der Waals surface area contributed by atoms with Crippen molar-refractivity contribution in [3.63, 3.8) is 0 Å². The molecular weight excluding hydrogens is 537 g/mol. The minimum absolute atomic E-state index is 0.335. The summed E-state index contributed by atoms with van der Waals surface area (Å²) in [7, 11) is 0. The van der Waals surface area contributed by atoms with Crippen LogP contribution in [0.5, 0.6) is 0 Å². The lowest BCUT2D eigenvalue weighted by Crippen LogP contribution is -2.23. The maximum Gasteiger partial charge on any atom is 0.338 e. The van der Waals surface area contributed by atoms with Gasteiger partial charge in [-0.15, -0.1) is 48.8 Å². The minimum atomic E-state index is -0.381. The van der Waals surface area contributed by atoms with Crippen LogP contribution < -0.4 is 0 Å². The van der Waals surface area contributed by atoms with Crippen molar-refractivity contribution in [2.45, 2.75) is 46.5 Å². The van der Waals surface area contributed by atoms with Crippen molar-refractivity contribution in [1.82, 2.24) is 9.97 Å². The molecule has 0 radical (unpaired) electrons. The van der Waals surface area contributed by atoms with Crippen molar-refractivity contribution in [2.24, 2.45) is 0 Å². The molecule has 0 atom stereocenters. The van der Waals surface area contributed by atoms with Gasteiger partial charge in [-0.1, -0.05) is 12.1 Å². The molecule has 0 aliphatic heterocycles. The second-order valence-electron chi connectivity index (χ2n) is 8.74. The molecule has 0 aliphatic rings. The monoisotopic (exact) mass is 564 g/mol. The molecule has 0 amide bonds. The number of thiol groups is 2. The van der Waals surface area contributed by atoms with Crippen molar-refractivity contribution in [3.05, 3.63) is 95.3 Å². The standard InChI is InChI=1S/C29H28N2O2S4/c1-18-4-6-25(34)27(13-18)36-16-22(17-37-28-14-19(2)5-7-26(28)35)33-29(32)21-9-11-31-24(15-21)23-12-20(3)8-10-30-23/h4-15,22,34-35H,16-17H2,1-3H3. The van der Waals surface area contributed by atoms with Crippen molar-refractivity contribution in [2.75, 3.05) is 11.5 Å². The van der Waals surface area contributed by atoms with Gasteiger partial charge in [0.25, 0.3) is 0 Å². The van der Waals surface area contributed by atoms with Gasteiger partial charge in [0.2, 0.25) is 0 Å². The molecular formula is C29H28N2O2S4. The Bertz CT molecular complexity index is 1360. The van der Waals surface area contributed by atoms with Crippen molar-refractivity contribution < 1.29 is 9.53 Å². The summed E-state index contributed by atoms with van der Waals surface area (Å²) < 4.78 is 6.06. The minimum Gasteiger partial charge on any atom is -0.457 e. The van der Waals surface area contributed by atoms with Crippen LogP contribution in [0.1, 0.15) is 27.0 Å². The number of benzene rings is 2. The molecule has 2 heterocycles. The summed E-state index contributed by atoms with van der Waals surface area (Å²) in [4.78, 5) is 26.0. The Labute approximate surface area is 237 Å². The first-order chi connectivity index (χ1) is 17.8. The zero-order chi connectivity index (χ0) is 26.4. The van der Waals surface area contributed by atoms with E-state index in [0.717, 1.165) is 42.0 Å². The van der Waals surface area contributed by atoms with E-state index in [-0.39, 0.29) is 12.1 Å². The smallest absolute Gasteiger partial charge is 0.338 e. The first-order valence-corrected chi connectivity index (χ1v) is 14.6. The first-order valence-electron chi connectivity index (χ1n) is 11.7. The normalized spacial score (nSPS) is 11.1. The summed E-state index contributed by atoms with van der Waals surface area (Å²) in [5.74, 6) is 0.815. The number of hydrogen-bond acceptors (Lipinski definition) is 8. The maximum absolute atomic E-state index is 13.3. The molecule has 2 aromatic carbocycles. The predicted molar refractivity (Wildman–Crippen MR) is 160 cm³/mol. The van der Waals surface area contributed by atoms with Crippen LogP contribution in [0.15, 0.2) is 92.6 Å². The summed E-state index contributed by atoms with van der Waals surface area (Å²) in [6.07, 6.45) is 3.02. The number of esters is 1. The fourth-order valence-corrected chi connectivity index (χ4v) is 6.44. The van der Waals surface area contributed by atoms with E-state index in [1.807, 2.05) is 43.3 Å². The van der Waals surface area contributed by atoms with Crippen LogP contribution in [0.2, 0.25) is 0 Å². The van der Waals surface area contributed by atoms with E-state index >= 15 is 0 Å². The highest BCUT2D eigenvalue weighted by molar-refractivity contribution is 8.00. The van der Waals surface area contributed by atoms with Gasteiger partial charge in [-0.05, 0) is 86.0 Å². The molecule has 190 valence electrons. The fraction of sp³-hybridized carbons (Fsp3) is 0.207. The Morgan fingerprint density at radius 1 is 0.757 bits per heavy atom. The van der Waals surface area contributed by atoms with Gasteiger partial charge < -0.3 is 4.74 Å². The molecule has 0 spiro atoms. The van der Waals surface area contributed by atoms with Crippen LogP contribution in [0.3, 0.4) is 0 Å². The van der Waals surface area contributed by atoms with Gasteiger partial charge in [-0.3, -0.25) is 9.97 Å². The van der Waals surface area contributed by atoms with E-state index in [1.165, 1.54) is 0 Å². The largest absolute Gasteiger partial charge is 0.457 e. The molecule has 0 fully saturated rings.